The van der Waals surface area contributed by atoms with E-state index in [2.05, 4.69) is 20.1 Å². The van der Waals surface area contributed by atoms with Crippen LogP contribution in [-0.2, 0) is 37.0 Å². The van der Waals surface area contributed by atoms with E-state index >= 15 is 0 Å². The van der Waals surface area contributed by atoms with Crippen LogP contribution >= 0.6 is 0 Å². The number of benzene rings is 2. The van der Waals surface area contributed by atoms with Crippen LogP contribution in [-0.4, -0.2) is 73.8 Å². The Labute approximate surface area is 240 Å². The molecule has 224 valence electrons. The van der Waals surface area contributed by atoms with E-state index in [0.717, 1.165) is 22.1 Å². The van der Waals surface area contributed by atoms with Gasteiger partial charge < -0.3 is 34.9 Å². The fourth-order valence-corrected chi connectivity index (χ4v) is 3.38. The predicted molar refractivity (Wildman–Crippen MR) is 144 cm³/mol. The van der Waals surface area contributed by atoms with Crippen LogP contribution < -0.4 is 5.73 Å². The summed E-state index contributed by atoms with van der Waals surface area (Å²) < 4.78 is 21.2. The van der Waals surface area contributed by atoms with Gasteiger partial charge >= 0.3 is 12.3 Å². The number of nitrogens with zero attached hydrogens (tertiary/aromatic N) is 4. The summed E-state index contributed by atoms with van der Waals surface area (Å²) in [6.45, 7) is 3.33. The zero-order valence-electron chi connectivity index (χ0n) is 22.8. The van der Waals surface area contributed by atoms with Crippen molar-refractivity contribution in [3.8, 4) is 0 Å². The number of aliphatic hydroxyl groups excluding tert-OH is 2. The Balaban J connectivity index is 0.000000274. The maximum Gasteiger partial charge on any atom is 0.535 e. The molecule has 1 saturated heterocycles. The summed E-state index contributed by atoms with van der Waals surface area (Å²) in [5.74, 6) is -1.10. The van der Waals surface area contributed by atoms with E-state index in [4.69, 9.17) is 24.7 Å². The van der Waals surface area contributed by atoms with Crippen molar-refractivity contribution in [2.24, 2.45) is 10.9 Å². The number of hydrogen-bond donors (Lipinski definition) is 3. The smallest absolute Gasteiger partial charge is 0.431 e. The van der Waals surface area contributed by atoms with E-state index in [-0.39, 0.29) is 25.6 Å². The van der Waals surface area contributed by atoms with E-state index in [9.17, 15) is 24.6 Å². The van der Waals surface area contributed by atoms with E-state index < -0.39 is 42.8 Å². The number of ether oxygens (including phenoxy) is 4. The lowest BCUT2D eigenvalue weighted by Crippen LogP contribution is -2.34. The first-order valence-electron chi connectivity index (χ1n) is 12.6. The first kappa shape index (κ1) is 31.7. The molecule has 15 heteroatoms. The molecule has 3 aromatic rings. The van der Waals surface area contributed by atoms with Crippen molar-refractivity contribution in [1.82, 2.24) is 14.8 Å². The number of amides is 1. The maximum atomic E-state index is 11.7. The first-order chi connectivity index (χ1) is 20.1. The van der Waals surface area contributed by atoms with Crippen LogP contribution in [0.1, 0.15) is 41.8 Å². The second kappa shape index (κ2) is 15.8. The largest absolute Gasteiger partial charge is 0.535 e. The highest BCUT2D eigenvalue weighted by Gasteiger charge is 2.45. The molecule has 4 rings (SSSR count). The standard InChI is InChI=1S/C16H18N4O7.C11H13NO3/c17-13(23)14-18-8-20(19-14)15-12(22)11(21)10(27-15)7-26-16(24)25-6-9-4-2-1-3-5-9;1-9(2)12-15-11(13)14-8-10-6-4-3-5-7-10/h1-5,8,10-12,15,21-22H,6-7H2,(H2,17,23);3-7H,8H2,1-2H3/t10-,11?,12-,15-;/m1./s1. The van der Waals surface area contributed by atoms with Crippen molar-refractivity contribution in [2.75, 3.05) is 6.61 Å². The number of carbonyl (C=O) groups excluding carboxylic acids is 3. The highest BCUT2D eigenvalue weighted by Crippen LogP contribution is 2.29. The molecular weight excluding hydrogens is 554 g/mol. The van der Waals surface area contributed by atoms with E-state index in [0.29, 0.717) is 5.71 Å². The molecule has 0 aliphatic carbocycles. The molecule has 1 unspecified atom stereocenters. The second-order valence-electron chi connectivity index (χ2n) is 8.95. The number of primary amides is 1. The van der Waals surface area contributed by atoms with E-state index in [1.54, 1.807) is 26.0 Å². The molecular formula is C27H31N5O10. The number of carbonyl (C=O) groups is 3. The molecule has 1 aromatic heterocycles. The number of aromatic nitrogens is 3. The van der Waals surface area contributed by atoms with Crippen molar-refractivity contribution in [2.45, 2.75) is 51.6 Å². The maximum absolute atomic E-state index is 11.7. The summed E-state index contributed by atoms with van der Waals surface area (Å²) in [6.07, 6.45) is -5.45. The summed E-state index contributed by atoms with van der Waals surface area (Å²) in [5.41, 5.74) is 7.42. The second-order valence-corrected chi connectivity index (χ2v) is 8.95. The summed E-state index contributed by atoms with van der Waals surface area (Å²) in [5, 5.41) is 27.4. The molecule has 4 N–H and O–H groups in total. The monoisotopic (exact) mass is 585 g/mol. The van der Waals surface area contributed by atoms with Gasteiger partial charge in [-0.25, -0.2) is 19.3 Å². The summed E-state index contributed by atoms with van der Waals surface area (Å²) >= 11 is 0. The number of nitrogens with two attached hydrogens (primary N) is 1. The third-order valence-electron chi connectivity index (χ3n) is 5.39. The number of aliphatic hydroxyl groups is 2. The molecule has 1 amide bonds. The van der Waals surface area contributed by atoms with E-state index in [1.165, 1.54) is 0 Å². The minimum Gasteiger partial charge on any atom is -0.431 e. The Bertz CT molecular complexity index is 1330. The summed E-state index contributed by atoms with van der Waals surface area (Å²) in [7, 11) is 0. The third kappa shape index (κ3) is 9.96. The lowest BCUT2D eigenvalue weighted by Gasteiger charge is -2.14. The fourth-order valence-electron chi connectivity index (χ4n) is 3.38. The fraction of sp³-hybridized carbons (Fsp3) is 0.333. The van der Waals surface area contributed by atoms with E-state index in [1.807, 2.05) is 48.5 Å². The lowest BCUT2D eigenvalue weighted by molar-refractivity contribution is -0.0678. The summed E-state index contributed by atoms with van der Waals surface area (Å²) in [6, 6.07) is 18.4. The molecule has 1 aliphatic rings. The van der Waals surface area contributed by atoms with Crippen molar-refractivity contribution >= 4 is 23.9 Å². The Kier molecular flexibility index (Phi) is 11.9. The molecule has 1 aliphatic heterocycles. The predicted octanol–water partition coefficient (Wildman–Crippen LogP) is 2.09. The van der Waals surface area contributed by atoms with Crippen molar-refractivity contribution in [3.63, 3.8) is 0 Å². The zero-order valence-corrected chi connectivity index (χ0v) is 22.8. The van der Waals surface area contributed by atoms with Crippen LogP contribution in [0.15, 0.2) is 72.1 Å². The SMILES string of the molecule is CC(C)=NOC(=O)OCc1ccccc1.NC(=O)c1ncn([C@@H]2O[C@H](COC(=O)OCc3ccccc3)C(O)[C@H]2O)n1. The van der Waals surface area contributed by atoms with Gasteiger partial charge in [0.2, 0.25) is 5.82 Å². The van der Waals surface area contributed by atoms with Gasteiger partial charge in [-0.2, -0.15) is 0 Å². The van der Waals surface area contributed by atoms with Gasteiger partial charge in [0.15, 0.2) is 6.23 Å². The third-order valence-corrected chi connectivity index (χ3v) is 5.39. The normalized spacial score (nSPS) is 19.0. The number of oxime groups is 1. The van der Waals surface area contributed by atoms with Crippen LogP contribution in [0.2, 0.25) is 0 Å². The van der Waals surface area contributed by atoms with Crippen molar-refractivity contribution < 1.29 is 48.4 Å². The molecule has 2 aromatic carbocycles. The molecule has 4 atom stereocenters. The summed E-state index contributed by atoms with van der Waals surface area (Å²) in [4.78, 5) is 41.8. The minimum absolute atomic E-state index is 0.0356. The Morgan fingerprint density at radius 2 is 1.48 bits per heavy atom. The Morgan fingerprint density at radius 1 is 0.905 bits per heavy atom. The van der Waals surface area contributed by atoms with Gasteiger partial charge in [-0.05, 0) is 25.0 Å². The van der Waals surface area contributed by atoms with Gasteiger partial charge in [-0.15, -0.1) is 5.10 Å². The molecule has 42 heavy (non-hydrogen) atoms. The van der Waals surface area contributed by atoms with Crippen molar-refractivity contribution in [1.29, 1.82) is 0 Å². The zero-order chi connectivity index (χ0) is 30.5. The van der Waals surface area contributed by atoms with Crippen molar-refractivity contribution in [3.05, 3.63) is 83.9 Å². The molecule has 2 heterocycles. The van der Waals surface area contributed by atoms with Crippen LogP contribution in [0.4, 0.5) is 9.59 Å². The average molecular weight is 586 g/mol. The molecule has 1 fully saturated rings. The van der Waals surface area contributed by atoms with Gasteiger partial charge in [-0.3, -0.25) is 9.63 Å². The quantitative estimate of drug-likeness (QED) is 0.143. The van der Waals surface area contributed by atoms with Gasteiger partial charge in [-0.1, -0.05) is 65.8 Å². The molecule has 0 saturated carbocycles. The Morgan fingerprint density at radius 3 is 2.00 bits per heavy atom. The van der Waals surface area contributed by atoms with Crippen LogP contribution in [0.25, 0.3) is 0 Å². The van der Waals surface area contributed by atoms with Gasteiger partial charge in [0.1, 0.15) is 44.5 Å². The molecule has 0 bridgehead atoms. The highest BCUT2D eigenvalue weighted by molar-refractivity contribution is 5.88. The first-order valence-corrected chi connectivity index (χ1v) is 12.6. The van der Waals surface area contributed by atoms with Gasteiger partial charge in [0, 0.05) is 0 Å². The number of rotatable bonds is 9. The number of hydrogen-bond acceptors (Lipinski definition) is 13. The molecule has 15 nitrogen and oxygen atoms in total. The lowest BCUT2D eigenvalue weighted by atomic mass is 10.1. The molecule has 0 radical (unpaired) electrons. The van der Waals surface area contributed by atoms with Crippen LogP contribution in [0.3, 0.4) is 0 Å². The van der Waals surface area contributed by atoms with Gasteiger partial charge in [0.25, 0.3) is 5.91 Å². The van der Waals surface area contributed by atoms with Gasteiger partial charge in [0.05, 0.1) is 5.71 Å². The minimum atomic E-state index is -1.37. The topological polar surface area (TPSA) is 207 Å². The molecule has 0 spiro atoms. The average Bonchev–Trinajstić information content (AvgIpc) is 3.59. The van der Waals surface area contributed by atoms with Crippen LogP contribution in [0, 0.1) is 0 Å². The van der Waals surface area contributed by atoms with Crippen LogP contribution in [0.5, 0.6) is 0 Å². The Hall–Kier alpha value is -4.86. The highest BCUT2D eigenvalue weighted by atomic mass is 16.8.